The molecular weight excluding hydrogens is 427 g/mol. The van der Waals surface area contributed by atoms with E-state index in [-0.39, 0.29) is 24.0 Å². The molecule has 1 aliphatic carbocycles. The Balaban J connectivity index is 0.00000576. The lowest BCUT2D eigenvalue weighted by Crippen LogP contribution is -2.42. The van der Waals surface area contributed by atoms with Crippen LogP contribution in [0.25, 0.3) is 0 Å². The van der Waals surface area contributed by atoms with Crippen molar-refractivity contribution >= 4 is 29.9 Å². The zero-order valence-electron chi connectivity index (χ0n) is 16.9. The predicted octanol–water partition coefficient (Wildman–Crippen LogP) is 3.49. The Morgan fingerprint density at radius 2 is 1.84 bits per heavy atom. The minimum Gasteiger partial charge on any atom is -0.385 e. The van der Waals surface area contributed by atoms with E-state index in [4.69, 9.17) is 9.73 Å². The molecule has 0 spiro atoms. The van der Waals surface area contributed by atoms with E-state index < -0.39 is 0 Å². The van der Waals surface area contributed by atoms with Crippen molar-refractivity contribution in [1.29, 1.82) is 0 Å². The molecule has 0 unspecified atom stereocenters. The van der Waals surface area contributed by atoms with Gasteiger partial charge in [0.15, 0.2) is 5.96 Å². The number of hydrogen-bond donors (Lipinski definition) is 2. The highest BCUT2D eigenvalue weighted by Crippen LogP contribution is 2.41. The molecule has 150 valence electrons. The first-order valence-electron chi connectivity index (χ1n) is 9.93. The van der Waals surface area contributed by atoms with Gasteiger partial charge in [-0.05, 0) is 51.1 Å². The number of methoxy groups -OCH3 is 1. The lowest BCUT2D eigenvalue weighted by Gasteiger charge is -2.27. The lowest BCUT2D eigenvalue weighted by molar-refractivity contribution is 0.141. The van der Waals surface area contributed by atoms with Gasteiger partial charge in [-0.15, -0.1) is 24.0 Å². The summed E-state index contributed by atoms with van der Waals surface area (Å²) in [4.78, 5) is 7.39. The van der Waals surface area contributed by atoms with Crippen LogP contribution in [0.3, 0.4) is 0 Å². The summed E-state index contributed by atoms with van der Waals surface area (Å²) in [5, 5.41) is 6.90. The molecule has 1 fully saturated rings. The van der Waals surface area contributed by atoms with Crippen LogP contribution in [0.4, 0.5) is 0 Å². The second kappa shape index (κ2) is 15.0. The van der Waals surface area contributed by atoms with Crippen LogP contribution in [0, 0.1) is 5.41 Å². The lowest BCUT2D eigenvalue weighted by atomic mass is 9.83. The van der Waals surface area contributed by atoms with Crippen LogP contribution >= 0.6 is 24.0 Å². The third-order valence-electron chi connectivity index (χ3n) is 5.13. The summed E-state index contributed by atoms with van der Waals surface area (Å²) in [6.45, 7) is 13.6. The summed E-state index contributed by atoms with van der Waals surface area (Å²) in [7, 11) is 1.80. The van der Waals surface area contributed by atoms with Gasteiger partial charge in [-0.25, -0.2) is 0 Å². The fraction of sp³-hybridized carbons (Fsp3) is 0.947. The molecule has 25 heavy (non-hydrogen) atoms. The summed E-state index contributed by atoms with van der Waals surface area (Å²) in [6, 6.07) is 0. The summed E-state index contributed by atoms with van der Waals surface area (Å²) in [5.41, 5.74) is 0.357. The molecule has 1 aliphatic rings. The van der Waals surface area contributed by atoms with Crippen molar-refractivity contribution in [1.82, 2.24) is 15.5 Å². The van der Waals surface area contributed by atoms with Gasteiger partial charge in [-0.2, -0.15) is 0 Å². The molecule has 0 aliphatic heterocycles. The summed E-state index contributed by atoms with van der Waals surface area (Å²) >= 11 is 0. The highest BCUT2D eigenvalue weighted by Gasteiger charge is 2.33. The molecule has 6 heteroatoms. The zero-order chi connectivity index (χ0) is 17.7. The van der Waals surface area contributed by atoms with Crippen molar-refractivity contribution in [2.75, 3.05) is 53.0 Å². The maximum absolute atomic E-state index is 5.32. The molecule has 0 amide bonds. The van der Waals surface area contributed by atoms with Crippen molar-refractivity contribution in [3.63, 3.8) is 0 Å². The van der Waals surface area contributed by atoms with E-state index >= 15 is 0 Å². The molecule has 0 saturated heterocycles. The topological polar surface area (TPSA) is 48.9 Å². The number of hydrogen-bond acceptors (Lipinski definition) is 3. The third-order valence-corrected chi connectivity index (χ3v) is 5.13. The Morgan fingerprint density at radius 1 is 1.12 bits per heavy atom. The van der Waals surface area contributed by atoms with E-state index in [1.807, 2.05) is 0 Å². The van der Waals surface area contributed by atoms with Gasteiger partial charge in [-0.3, -0.25) is 4.99 Å². The highest BCUT2D eigenvalue weighted by molar-refractivity contribution is 14.0. The maximum Gasteiger partial charge on any atom is 0.191 e. The number of halogens is 1. The number of aliphatic imine (C=N–C) groups is 1. The van der Waals surface area contributed by atoms with E-state index in [1.54, 1.807) is 7.11 Å². The second-order valence-corrected chi connectivity index (χ2v) is 7.01. The molecule has 0 heterocycles. The highest BCUT2D eigenvalue weighted by atomic mass is 127. The van der Waals surface area contributed by atoms with Gasteiger partial charge in [-0.1, -0.05) is 26.7 Å². The van der Waals surface area contributed by atoms with Crippen molar-refractivity contribution < 1.29 is 4.74 Å². The Kier molecular flexibility index (Phi) is 15.0. The van der Waals surface area contributed by atoms with E-state index in [0.29, 0.717) is 5.41 Å². The van der Waals surface area contributed by atoms with Gasteiger partial charge in [0.05, 0.1) is 0 Å². The molecule has 1 rings (SSSR count). The zero-order valence-corrected chi connectivity index (χ0v) is 19.2. The van der Waals surface area contributed by atoms with Gasteiger partial charge in [0.2, 0.25) is 0 Å². The number of nitrogens with zero attached hydrogens (tertiary/aromatic N) is 2. The Labute approximate surface area is 172 Å². The quantitative estimate of drug-likeness (QED) is 0.262. The standard InChI is InChI=1S/C19H40N4O.HI/c1-5-14-23(7-3)15-13-21-18(20-6-2)22-17-19(12-16-24-4)10-8-9-11-19;/h5-17H2,1-4H3,(H2,20,21,22);1H. The molecule has 1 saturated carbocycles. The summed E-state index contributed by atoms with van der Waals surface area (Å²) in [5.74, 6) is 0.966. The van der Waals surface area contributed by atoms with E-state index in [9.17, 15) is 0 Å². The number of likely N-dealkylation sites (N-methyl/N-ethyl adjacent to an activating group) is 1. The monoisotopic (exact) mass is 468 g/mol. The fourth-order valence-electron chi connectivity index (χ4n) is 3.60. The van der Waals surface area contributed by atoms with Crippen LogP contribution in [-0.4, -0.2) is 63.8 Å². The molecular formula is C19H41IN4O. The largest absolute Gasteiger partial charge is 0.385 e. The number of guanidine groups is 1. The minimum atomic E-state index is 0. The summed E-state index contributed by atoms with van der Waals surface area (Å²) in [6.07, 6.45) is 7.60. The van der Waals surface area contributed by atoms with Crippen molar-refractivity contribution in [2.24, 2.45) is 10.4 Å². The number of rotatable bonds is 12. The van der Waals surface area contributed by atoms with Crippen LogP contribution in [-0.2, 0) is 4.74 Å². The Bertz CT molecular complexity index is 346. The Hall–Kier alpha value is -0.0800. The van der Waals surface area contributed by atoms with Crippen molar-refractivity contribution in [2.45, 2.75) is 59.3 Å². The number of nitrogens with one attached hydrogen (secondary N) is 2. The van der Waals surface area contributed by atoms with Crippen LogP contribution in [0.5, 0.6) is 0 Å². The molecule has 0 aromatic carbocycles. The van der Waals surface area contributed by atoms with Gasteiger partial charge in [0.1, 0.15) is 0 Å². The molecule has 0 bridgehead atoms. The number of ether oxygens (including phenoxy) is 1. The van der Waals surface area contributed by atoms with Crippen LogP contribution < -0.4 is 10.6 Å². The smallest absolute Gasteiger partial charge is 0.191 e. The third kappa shape index (κ3) is 9.99. The van der Waals surface area contributed by atoms with E-state index in [1.165, 1.54) is 38.6 Å². The van der Waals surface area contributed by atoms with Crippen LogP contribution in [0.1, 0.15) is 59.3 Å². The van der Waals surface area contributed by atoms with Crippen molar-refractivity contribution in [3.8, 4) is 0 Å². The molecule has 5 nitrogen and oxygen atoms in total. The van der Waals surface area contributed by atoms with Gasteiger partial charge in [0, 0.05) is 39.9 Å². The first-order chi connectivity index (χ1) is 11.7. The normalized spacial score (nSPS) is 16.8. The minimum absolute atomic E-state index is 0. The van der Waals surface area contributed by atoms with Gasteiger partial charge < -0.3 is 20.3 Å². The predicted molar refractivity (Wildman–Crippen MR) is 119 cm³/mol. The van der Waals surface area contributed by atoms with Crippen molar-refractivity contribution in [3.05, 3.63) is 0 Å². The average molecular weight is 468 g/mol. The molecule has 0 aromatic heterocycles. The Morgan fingerprint density at radius 3 is 2.40 bits per heavy atom. The van der Waals surface area contributed by atoms with Crippen LogP contribution in [0.15, 0.2) is 4.99 Å². The van der Waals surface area contributed by atoms with Crippen LogP contribution in [0.2, 0.25) is 0 Å². The first-order valence-corrected chi connectivity index (χ1v) is 9.93. The van der Waals surface area contributed by atoms with Gasteiger partial charge in [0.25, 0.3) is 0 Å². The molecule has 2 N–H and O–H groups in total. The maximum atomic E-state index is 5.32. The molecule has 0 radical (unpaired) electrons. The second-order valence-electron chi connectivity index (χ2n) is 7.01. The van der Waals surface area contributed by atoms with E-state index in [0.717, 1.165) is 51.7 Å². The molecule has 0 aromatic rings. The SMILES string of the molecule is CCCN(CC)CCNC(=NCC1(CCOC)CCCC1)NCC.I. The fourth-order valence-corrected chi connectivity index (χ4v) is 3.60. The van der Waals surface area contributed by atoms with Gasteiger partial charge >= 0.3 is 0 Å². The van der Waals surface area contributed by atoms with E-state index in [2.05, 4.69) is 36.3 Å². The first kappa shape index (κ1) is 24.9. The molecule has 0 atom stereocenters. The summed E-state index contributed by atoms with van der Waals surface area (Å²) < 4.78 is 5.32. The average Bonchev–Trinajstić information content (AvgIpc) is 3.06.